The van der Waals surface area contributed by atoms with Gasteiger partial charge < -0.3 is 15.3 Å². The van der Waals surface area contributed by atoms with Gasteiger partial charge in [0, 0.05) is 13.1 Å². The number of nitrogens with zero attached hydrogens (tertiary/aromatic N) is 2. The largest absolute Gasteiger partial charge is 0.374 e. The van der Waals surface area contributed by atoms with Crippen molar-refractivity contribution in [3.63, 3.8) is 0 Å². The predicted molar refractivity (Wildman–Crippen MR) is 58.5 cm³/mol. The summed E-state index contributed by atoms with van der Waals surface area (Å²) in [7, 11) is -3.53. The van der Waals surface area contributed by atoms with E-state index >= 15 is 0 Å². The van der Waals surface area contributed by atoms with Crippen molar-refractivity contribution in [1.29, 1.82) is 5.26 Å². The van der Waals surface area contributed by atoms with Gasteiger partial charge in [-0.2, -0.15) is 5.26 Å². The molecule has 1 aliphatic heterocycles. The fourth-order valence-corrected chi connectivity index (χ4v) is 2.29. The standard InChI is InChI=1S/C9H15N3O3S/c1-2-9(13)12-5-4-11-8(12)7-16(14,15)6-3-10/h7,9,11,13H,2,4-6H2,1H3. The quantitative estimate of drug-likeness (QED) is 0.684. The molecular weight excluding hydrogens is 230 g/mol. The average Bonchev–Trinajstić information content (AvgIpc) is 2.63. The Morgan fingerprint density at radius 3 is 3.00 bits per heavy atom. The number of nitrogens with one attached hydrogen (secondary N) is 1. The zero-order valence-corrected chi connectivity index (χ0v) is 9.87. The summed E-state index contributed by atoms with van der Waals surface area (Å²) in [6.07, 6.45) is -0.185. The second-order valence-corrected chi connectivity index (χ2v) is 5.33. The number of sulfone groups is 1. The fourth-order valence-electron chi connectivity index (χ4n) is 1.47. The Balaban J connectivity index is 2.87. The topological polar surface area (TPSA) is 93.4 Å². The lowest BCUT2D eigenvalue weighted by molar-refractivity contribution is 0.0368. The third-order valence-corrected chi connectivity index (χ3v) is 3.36. The fraction of sp³-hybridized carbons (Fsp3) is 0.667. The molecule has 0 aromatic heterocycles. The third kappa shape index (κ3) is 3.12. The number of aliphatic hydroxyl groups excluding tert-OH is 1. The number of rotatable bonds is 4. The van der Waals surface area contributed by atoms with Crippen molar-refractivity contribution in [3.8, 4) is 6.07 Å². The molecule has 1 heterocycles. The first kappa shape index (κ1) is 12.8. The molecule has 0 aromatic carbocycles. The van der Waals surface area contributed by atoms with E-state index in [4.69, 9.17) is 5.26 Å². The van der Waals surface area contributed by atoms with E-state index in [9.17, 15) is 13.5 Å². The van der Waals surface area contributed by atoms with Crippen molar-refractivity contribution in [2.24, 2.45) is 0 Å². The second-order valence-electron chi connectivity index (χ2n) is 3.48. The van der Waals surface area contributed by atoms with Crippen molar-refractivity contribution < 1.29 is 13.5 Å². The summed E-state index contributed by atoms with van der Waals surface area (Å²) in [6.45, 7) is 2.96. The van der Waals surface area contributed by atoms with Gasteiger partial charge in [-0.15, -0.1) is 0 Å². The minimum absolute atomic E-state index is 0.365. The molecule has 1 fully saturated rings. The van der Waals surface area contributed by atoms with Gasteiger partial charge in [-0.1, -0.05) is 6.92 Å². The third-order valence-electron chi connectivity index (χ3n) is 2.25. The molecule has 1 atom stereocenters. The first-order chi connectivity index (χ1) is 7.50. The van der Waals surface area contributed by atoms with Crippen LogP contribution in [0.25, 0.3) is 0 Å². The Bertz CT molecular complexity index is 410. The lowest BCUT2D eigenvalue weighted by Crippen LogP contribution is -2.32. The van der Waals surface area contributed by atoms with E-state index in [2.05, 4.69) is 5.32 Å². The molecule has 1 saturated heterocycles. The van der Waals surface area contributed by atoms with Gasteiger partial charge in [-0.25, -0.2) is 8.42 Å². The van der Waals surface area contributed by atoms with Crippen molar-refractivity contribution in [3.05, 3.63) is 11.2 Å². The highest BCUT2D eigenvalue weighted by Gasteiger charge is 2.23. The number of hydrogen-bond acceptors (Lipinski definition) is 6. The highest BCUT2D eigenvalue weighted by atomic mass is 32.2. The molecule has 0 spiro atoms. The molecule has 0 bridgehead atoms. The minimum atomic E-state index is -3.53. The maximum Gasteiger partial charge on any atom is 0.188 e. The van der Waals surface area contributed by atoms with Crippen LogP contribution < -0.4 is 5.32 Å². The molecule has 0 aromatic rings. The summed E-state index contributed by atoms with van der Waals surface area (Å²) >= 11 is 0. The van der Waals surface area contributed by atoms with Crippen LogP contribution in [0.15, 0.2) is 11.2 Å². The number of hydrogen-bond donors (Lipinski definition) is 2. The molecule has 90 valence electrons. The van der Waals surface area contributed by atoms with Crippen LogP contribution in [0.1, 0.15) is 13.3 Å². The first-order valence-electron chi connectivity index (χ1n) is 5.00. The zero-order chi connectivity index (χ0) is 12.2. The van der Waals surface area contributed by atoms with Gasteiger partial charge in [0.05, 0.1) is 11.5 Å². The van der Waals surface area contributed by atoms with Crippen molar-refractivity contribution in [2.75, 3.05) is 18.8 Å². The van der Waals surface area contributed by atoms with Gasteiger partial charge in [0.1, 0.15) is 17.8 Å². The van der Waals surface area contributed by atoms with E-state index in [1.165, 1.54) is 0 Å². The van der Waals surface area contributed by atoms with Crippen LogP contribution in [0.5, 0.6) is 0 Å². The van der Waals surface area contributed by atoms with Crippen LogP contribution in [-0.2, 0) is 9.84 Å². The normalized spacial score (nSPS) is 20.6. The Hall–Kier alpha value is -1.26. The van der Waals surface area contributed by atoms with Gasteiger partial charge in [0.25, 0.3) is 0 Å². The first-order valence-corrected chi connectivity index (χ1v) is 6.71. The van der Waals surface area contributed by atoms with Gasteiger partial charge in [0.15, 0.2) is 9.84 Å². The van der Waals surface area contributed by atoms with Crippen LogP contribution in [0.4, 0.5) is 0 Å². The van der Waals surface area contributed by atoms with Gasteiger partial charge >= 0.3 is 0 Å². The average molecular weight is 245 g/mol. The van der Waals surface area contributed by atoms with Gasteiger partial charge in [-0.05, 0) is 6.42 Å². The number of nitriles is 1. The summed E-state index contributed by atoms with van der Waals surface area (Å²) in [5.74, 6) is -0.182. The van der Waals surface area contributed by atoms with Crippen LogP contribution in [-0.4, -0.2) is 43.5 Å². The van der Waals surface area contributed by atoms with Crippen LogP contribution >= 0.6 is 0 Å². The minimum Gasteiger partial charge on any atom is -0.374 e. The Labute approximate surface area is 95.1 Å². The molecule has 7 heteroatoms. The highest BCUT2D eigenvalue weighted by Crippen LogP contribution is 2.14. The lowest BCUT2D eigenvalue weighted by atomic mass is 10.4. The summed E-state index contributed by atoms with van der Waals surface area (Å²) in [5, 5.41) is 21.9. The van der Waals surface area contributed by atoms with Crippen LogP contribution in [0.3, 0.4) is 0 Å². The van der Waals surface area contributed by atoms with E-state index in [1.54, 1.807) is 11.0 Å². The molecule has 0 radical (unpaired) electrons. The maximum absolute atomic E-state index is 11.4. The van der Waals surface area contributed by atoms with Gasteiger partial charge in [0.2, 0.25) is 0 Å². The molecule has 1 aliphatic rings. The van der Waals surface area contributed by atoms with Crippen molar-refractivity contribution in [2.45, 2.75) is 19.6 Å². The Kier molecular flexibility index (Phi) is 4.15. The smallest absolute Gasteiger partial charge is 0.188 e. The second kappa shape index (κ2) is 5.18. The van der Waals surface area contributed by atoms with Crippen LogP contribution in [0, 0.1) is 11.3 Å². The summed E-state index contributed by atoms with van der Waals surface area (Å²) in [4.78, 5) is 1.58. The predicted octanol–water partition coefficient (Wildman–Crippen LogP) is -0.643. The van der Waals surface area contributed by atoms with Crippen molar-refractivity contribution >= 4 is 9.84 Å². The van der Waals surface area contributed by atoms with Gasteiger partial charge in [-0.3, -0.25) is 0 Å². The van der Waals surface area contributed by atoms with E-state index in [0.717, 1.165) is 5.41 Å². The van der Waals surface area contributed by atoms with E-state index in [-0.39, 0.29) is 0 Å². The Morgan fingerprint density at radius 2 is 2.44 bits per heavy atom. The molecular formula is C9H15N3O3S. The molecule has 2 N–H and O–H groups in total. The molecule has 0 saturated carbocycles. The molecule has 1 rings (SSSR count). The van der Waals surface area contributed by atoms with E-state index < -0.39 is 21.8 Å². The molecule has 16 heavy (non-hydrogen) atoms. The van der Waals surface area contributed by atoms with E-state index in [0.29, 0.717) is 25.3 Å². The molecule has 0 aliphatic carbocycles. The lowest BCUT2D eigenvalue weighted by Gasteiger charge is -2.23. The maximum atomic E-state index is 11.4. The van der Waals surface area contributed by atoms with E-state index in [1.807, 2.05) is 6.92 Å². The summed E-state index contributed by atoms with van der Waals surface area (Å²) in [5.41, 5.74) is 0. The van der Waals surface area contributed by atoms with Crippen LogP contribution in [0.2, 0.25) is 0 Å². The highest BCUT2D eigenvalue weighted by molar-refractivity contribution is 7.94. The molecule has 6 nitrogen and oxygen atoms in total. The SMILES string of the molecule is CCC(O)N1CCNC1=CS(=O)(=O)CC#N. The molecule has 0 amide bonds. The summed E-state index contributed by atoms with van der Waals surface area (Å²) < 4.78 is 22.8. The molecule has 1 unspecified atom stereocenters. The summed E-state index contributed by atoms with van der Waals surface area (Å²) in [6, 6.07) is 1.60. The monoisotopic (exact) mass is 245 g/mol. The number of aliphatic hydroxyl groups is 1. The van der Waals surface area contributed by atoms with Crippen molar-refractivity contribution in [1.82, 2.24) is 10.2 Å². The zero-order valence-electron chi connectivity index (χ0n) is 9.05. The Morgan fingerprint density at radius 1 is 1.75 bits per heavy atom.